The standard InChI is InChI=1S/C19H15ClN4O3/c1-11(20)17(26)22-16-9-5-14(6-10-16)19-24-23-18(27-19)13-3-7-15(8-4-13)21-12(2)25/h3-10H,1H2,2H3,(H,21,25)(H,22,26). The van der Waals surface area contributed by atoms with Crippen LogP contribution in [0.1, 0.15) is 6.92 Å². The fraction of sp³-hybridized carbons (Fsp3) is 0.0526. The Balaban J connectivity index is 1.74. The van der Waals surface area contributed by atoms with Crippen LogP contribution in [0.25, 0.3) is 22.9 Å². The van der Waals surface area contributed by atoms with Crippen molar-refractivity contribution in [1.82, 2.24) is 10.2 Å². The lowest BCUT2D eigenvalue weighted by molar-refractivity contribution is -0.114. The van der Waals surface area contributed by atoms with E-state index >= 15 is 0 Å². The van der Waals surface area contributed by atoms with Crippen molar-refractivity contribution in [1.29, 1.82) is 0 Å². The summed E-state index contributed by atoms with van der Waals surface area (Å²) < 4.78 is 5.70. The topological polar surface area (TPSA) is 97.1 Å². The molecule has 2 aromatic carbocycles. The van der Waals surface area contributed by atoms with Crippen LogP contribution in [0.2, 0.25) is 0 Å². The van der Waals surface area contributed by atoms with Gasteiger partial charge in [-0.05, 0) is 48.5 Å². The first-order valence-electron chi connectivity index (χ1n) is 7.90. The van der Waals surface area contributed by atoms with Gasteiger partial charge in [0, 0.05) is 29.4 Å². The van der Waals surface area contributed by atoms with Crippen molar-refractivity contribution in [2.45, 2.75) is 6.92 Å². The molecule has 0 spiro atoms. The highest BCUT2D eigenvalue weighted by Crippen LogP contribution is 2.26. The molecule has 0 aliphatic rings. The molecular formula is C19H15ClN4O3. The van der Waals surface area contributed by atoms with Crippen LogP contribution in [-0.2, 0) is 9.59 Å². The number of rotatable bonds is 5. The van der Waals surface area contributed by atoms with E-state index in [1.165, 1.54) is 6.92 Å². The van der Waals surface area contributed by atoms with Gasteiger partial charge < -0.3 is 15.1 Å². The van der Waals surface area contributed by atoms with Gasteiger partial charge in [-0.15, -0.1) is 10.2 Å². The van der Waals surface area contributed by atoms with Crippen molar-refractivity contribution >= 4 is 34.8 Å². The van der Waals surface area contributed by atoms with Crippen LogP contribution >= 0.6 is 11.6 Å². The zero-order chi connectivity index (χ0) is 19.4. The van der Waals surface area contributed by atoms with Crippen LogP contribution in [0.15, 0.2) is 64.6 Å². The van der Waals surface area contributed by atoms with E-state index in [9.17, 15) is 9.59 Å². The first kappa shape index (κ1) is 18.3. The number of nitrogens with zero attached hydrogens (tertiary/aromatic N) is 2. The lowest BCUT2D eigenvalue weighted by Crippen LogP contribution is -2.10. The van der Waals surface area contributed by atoms with Crippen LogP contribution in [0.4, 0.5) is 11.4 Å². The Morgan fingerprint density at radius 1 is 0.889 bits per heavy atom. The predicted octanol–water partition coefficient (Wildman–Crippen LogP) is 4.05. The minimum absolute atomic E-state index is 0.0925. The third-order valence-electron chi connectivity index (χ3n) is 3.51. The van der Waals surface area contributed by atoms with E-state index < -0.39 is 5.91 Å². The molecule has 7 nitrogen and oxygen atoms in total. The molecule has 27 heavy (non-hydrogen) atoms. The van der Waals surface area contributed by atoms with Gasteiger partial charge in [0.15, 0.2) is 0 Å². The van der Waals surface area contributed by atoms with Crippen LogP contribution in [0.5, 0.6) is 0 Å². The third kappa shape index (κ3) is 4.59. The van der Waals surface area contributed by atoms with Gasteiger partial charge in [0.1, 0.15) is 0 Å². The highest BCUT2D eigenvalue weighted by atomic mass is 35.5. The molecule has 0 saturated carbocycles. The van der Waals surface area contributed by atoms with Gasteiger partial charge in [0.25, 0.3) is 5.91 Å². The largest absolute Gasteiger partial charge is 0.416 e. The predicted molar refractivity (Wildman–Crippen MR) is 103 cm³/mol. The SMILES string of the molecule is C=C(Cl)C(=O)Nc1ccc(-c2nnc(-c3ccc(NC(C)=O)cc3)o2)cc1. The Kier molecular flexibility index (Phi) is 5.33. The summed E-state index contributed by atoms with van der Waals surface area (Å²) in [6, 6.07) is 13.9. The highest BCUT2D eigenvalue weighted by molar-refractivity contribution is 6.43. The molecule has 0 bridgehead atoms. The molecule has 3 aromatic rings. The Morgan fingerprint density at radius 3 is 1.74 bits per heavy atom. The van der Waals surface area contributed by atoms with Crippen LogP contribution in [0.3, 0.4) is 0 Å². The van der Waals surface area contributed by atoms with Crippen molar-refractivity contribution in [2.24, 2.45) is 0 Å². The second kappa shape index (κ2) is 7.84. The maximum Gasteiger partial charge on any atom is 0.266 e. The van der Waals surface area contributed by atoms with Gasteiger partial charge in [-0.1, -0.05) is 18.2 Å². The van der Waals surface area contributed by atoms with Gasteiger partial charge in [0.2, 0.25) is 17.7 Å². The maximum absolute atomic E-state index is 11.5. The molecule has 0 aliphatic carbocycles. The van der Waals surface area contributed by atoms with E-state index in [-0.39, 0.29) is 10.9 Å². The van der Waals surface area contributed by atoms with E-state index in [1.807, 2.05) is 0 Å². The van der Waals surface area contributed by atoms with Gasteiger partial charge in [0.05, 0.1) is 5.03 Å². The number of hydrogen-bond acceptors (Lipinski definition) is 5. The summed E-state index contributed by atoms with van der Waals surface area (Å²) in [6.07, 6.45) is 0. The average molecular weight is 383 g/mol. The Morgan fingerprint density at radius 2 is 1.33 bits per heavy atom. The Labute approximate surface area is 160 Å². The molecule has 0 aliphatic heterocycles. The number of carbonyl (C=O) groups is 2. The third-order valence-corrected chi connectivity index (χ3v) is 3.68. The van der Waals surface area contributed by atoms with Crippen molar-refractivity contribution in [3.8, 4) is 22.9 Å². The highest BCUT2D eigenvalue weighted by Gasteiger charge is 2.11. The van der Waals surface area contributed by atoms with Crippen molar-refractivity contribution in [3.05, 3.63) is 60.1 Å². The number of halogens is 1. The lowest BCUT2D eigenvalue weighted by atomic mass is 10.2. The minimum Gasteiger partial charge on any atom is -0.416 e. The van der Waals surface area contributed by atoms with E-state index in [0.29, 0.717) is 28.7 Å². The van der Waals surface area contributed by atoms with E-state index in [1.54, 1.807) is 48.5 Å². The van der Waals surface area contributed by atoms with Crippen molar-refractivity contribution < 1.29 is 14.0 Å². The van der Waals surface area contributed by atoms with Crippen LogP contribution < -0.4 is 10.6 Å². The van der Waals surface area contributed by atoms with Crippen molar-refractivity contribution in [2.75, 3.05) is 10.6 Å². The summed E-state index contributed by atoms with van der Waals surface area (Å²) in [6.45, 7) is 4.81. The second-order valence-electron chi connectivity index (χ2n) is 5.61. The van der Waals surface area contributed by atoms with Gasteiger partial charge in [-0.3, -0.25) is 9.59 Å². The Bertz CT molecular complexity index is 995. The Hall–Kier alpha value is -3.45. The summed E-state index contributed by atoms with van der Waals surface area (Å²) in [4.78, 5) is 22.6. The summed E-state index contributed by atoms with van der Waals surface area (Å²) in [7, 11) is 0. The molecule has 8 heteroatoms. The van der Waals surface area contributed by atoms with Crippen LogP contribution in [-0.4, -0.2) is 22.0 Å². The van der Waals surface area contributed by atoms with Gasteiger partial charge >= 0.3 is 0 Å². The number of benzene rings is 2. The molecule has 0 atom stereocenters. The summed E-state index contributed by atoms with van der Waals surface area (Å²) in [5.74, 6) is 0.0933. The molecule has 2 amide bonds. The van der Waals surface area contributed by atoms with Gasteiger partial charge in [-0.2, -0.15) is 0 Å². The molecule has 0 saturated heterocycles. The molecule has 0 unspecified atom stereocenters. The number of hydrogen-bond donors (Lipinski definition) is 2. The number of carbonyl (C=O) groups excluding carboxylic acids is 2. The first-order chi connectivity index (χ1) is 12.9. The smallest absolute Gasteiger partial charge is 0.266 e. The second-order valence-corrected chi connectivity index (χ2v) is 6.06. The summed E-state index contributed by atoms with van der Waals surface area (Å²) in [5.41, 5.74) is 2.68. The van der Waals surface area contributed by atoms with Crippen LogP contribution in [0, 0.1) is 0 Å². The molecule has 2 N–H and O–H groups in total. The maximum atomic E-state index is 11.5. The molecule has 136 valence electrons. The average Bonchev–Trinajstić information content (AvgIpc) is 3.12. The number of nitrogens with one attached hydrogen (secondary N) is 2. The minimum atomic E-state index is -0.466. The molecule has 1 heterocycles. The fourth-order valence-corrected chi connectivity index (χ4v) is 2.30. The monoisotopic (exact) mass is 382 g/mol. The fourth-order valence-electron chi connectivity index (χ4n) is 2.25. The van der Waals surface area contributed by atoms with E-state index in [4.69, 9.17) is 16.0 Å². The van der Waals surface area contributed by atoms with Crippen molar-refractivity contribution in [3.63, 3.8) is 0 Å². The zero-order valence-electron chi connectivity index (χ0n) is 14.3. The zero-order valence-corrected chi connectivity index (χ0v) is 15.1. The quantitative estimate of drug-likeness (QED) is 0.649. The molecule has 0 fully saturated rings. The first-order valence-corrected chi connectivity index (χ1v) is 8.28. The molecular weight excluding hydrogens is 368 g/mol. The number of anilines is 2. The lowest BCUT2D eigenvalue weighted by Gasteiger charge is -2.04. The van der Waals surface area contributed by atoms with Gasteiger partial charge in [-0.25, -0.2) is 0 Å². The normalized spacial score (nSPS) is 10.3. The summed E-state index contributed by atoms with van der Waals surface area (Å²) in [5, 5.41) is 13.3. The van der Waals surface area contributed by atoms with E-state index in [2.05, 4.69) is 27.4 Å². The molecule has 3 rings (SSSR count). The summed E-state index contributed by atoms with van der Waals surface area (Å²) >= 11 is 5.54. The number of aromatic nitrogens is 2. The molecule has 1 aromatic heterocycles. The van der Waals surface area contributed by atoms with E-state index in [0.717, 1.165) is 5.56 Å². The number of amides is 2. The molecule has 0 radical (unpaired) electrons.